The molecule has 0 saturated carbocycles. The molecule has 0 atom stereocenters. The van der Waals surface area contributed by atoms with Crippen LogP contribution >= 0.6 is 0 Å². The molecular formula is C24H20N2O4. The fourth-order valence-electron chi connectivity index (χ4n) is 2.97. The molecule has 1 aromatic heterocycles. The van der Waals surface area contributed by atoms with E-state index in [1.807, 2.05) is 42.5 Å². The number of hydrogen-bond acceptors (Lipinski definition) is 5. The average Bonchev–Trinajstić information content (AvgIpc) is 3.27. The van der Waals surface area contributed by atoms with E-state index in [4.69, 9.17) is 15.0 Å². The number of aromatic nitrogens is 1. The number of hydrogen-bond donors (Lipinski definition) is 1. The summed E-state index contributed by atoms with van der Waals surface area (Å²) in [7, 11) is 0. The summed E-state index contributed by atoms with van der Waals surface area (Å²) >= 11 is 0. The second-order valence-corrected chi connectivity index (χ2v) is 6.66. The molecule has 30 heavy (non-hydrogen) atoms. The van der Waals surface area contributed by atoms with Gasteiger partial charge >= 0.3 is 6.09 Å². The molecule has 0 aliphatic heterocycles. The van der Waals surface area contributed by atoms with E-state index in [1.165, 1.54) is 11.1 Å². The maximum atomic E-state index is 10.7. The lowest BCUT2D eigenvalue weighted by atomic mass is 10.0. The topological polar surface area (TPSA) is 87.6 Å². The SMILES string of the molecule is NC(=O)OCc1cc(-c2ccc(OCc3ccc(-c4ccccc4)cc3)cc2)no1. The molecule has 0 aliphatic carbocycles. The average molecular weight is 400 g/mol. The third kappa shape index (κ3) is 4.86. The number of primary amides is 1. The lowest BCUT2D eigenvalue weighted by Crippen LogP contribution is -2.12. The molecule has 0 unspecified atom stereocenters. The van der Waals surface area contributed by atoms with Crippen molar-refractivity contribution in [2.24, 2.45) is 5.73 Å². The number of amides is 1. The van der Waals surface area contributed by atoms with Crippen molar-refractivity contribution in [2.75, 3.05) is 0 Å². The van der Waals surface area contributed by atoms with Gasteiger partial charge in [0.1, 0.15) is 18.1 Å². The third-order valence-corrected chi connectivity index (χ3v) is 4.53. The summed E-state index contributed by atoms with van der Waals surface area (Å²) in [6, 6.07) is 27.8. The molecule has 0 fully saturated rings. The van der Waals surface area contributed by atoms with E-state index in [9.17, 15) is 4.79 Å². The maximum absolute atomic E-state index is 10.7. The second kappa shape index (κ2) is 8.96. The van der Waals surface area contributed by atoms with E-state index >= 15 is 0 Å². The Morgan fingerprint density at radius 1 is 0.833 bits per heavy atom. The van der Waals surface area contributed by atoms with Crippen LogP contribution in [-0.2, 0) is 18.0 Å². The highest BCUT2D eigenvalue weighted by Gasteiger charge is 2.08. The number of nitrogens with zero attached hydrogens (tertiary/aromatic N) is 1. The van der Waals surface area contributed by atoms with Crippen LogP contribution in [-0.4, -0.2) is 11.2 Å². The first kappa shape index (κ1) is 19.3. The smallest absolute Gasteiger partial charge is 0.404 e. The number of carbonyl (C=O) groups excluding carboxylic acids is 1. The molecule has 1 heterocycles. The molecule has 1 amide bonds. The van der Waals surface area contributed by atoms with Gasteiger partial charge in [-0.2, -0.15) is 0 Å². The number of carbonyl (C=O) groups is 1. The molecule has 2 N–H and O–H groups in total. The first-order chi connectivity index (χ1) is 14.7. The molecular weight excluding hydrogens is 380 g/mol. The Morgan fingerprint density at radius 3 is 2.20 bits per heavy atom. The van der Waals surface area contributed by atoms with E-state index in [0.717, 1.165) is 16.9 Å². The molecule has 150 valence electrons. The quantitative estimate of drug-likeness (QED) is 0.462. The number of ether oxygens (including phenoxy) is 2. The Morgan fingerprint density at radius 2 is 1.50 bits per heavy atom. The highest BCUT2D eigenvalue weighted by molar-refractivity contribution is 5.65. The number of rotatable bonds is 7. The number of nitrogens with two attached hydrogens (primary N) is 1. The van der Waals surface area contributed by atoms with Gasteiger partial charge < -0.3 is 19.7 Å². The Hall–Kier alpha value is -4.06. The highest BCUT2D eigenvalue weighted by atomic mass is 16.6. The summed E-state index contributed by atoms with van der Waals surface area (Å²) in [5.41, 5.74) is 9.91. The van der Waals surface area contributed by atoms with Gasteiger partial charge in [0.25, 0.3) is 0 Å². The largest absolute Gasteiger partial charge is 0.489 e. The lowest BCUT2D eigenvalue weighted by Gasteiger charge is -2.08. The van der Waals surface area contributed by atoms with Gasteiger partial charge in [-0.15, -0.1) is 0 Å². The molecule has 6 nitrogen and oxygen atoms in total. The van der Waals surface area contributed by atoms with Crippen LogP contribution in [0.1, 0.15) is 11.3 Å². The summed E-state index contributed by atoms with van der Waals surface area (Å²) < 4.78 is 15.7. The van der Waals surface area contributed by atoms with E-state index < -0.39 is 6.09 Å². The van der Waals surface area contributed by atoms with Crippen LogP contribution in [0.5, 0.6) is 5.75 Å². The Labute approximate surface area is 173 Å². The van der Waals surface area contributed by atoms with Crippen LogP contribution in [0.25, 0.3) is 22.4 Å². The van der Waals surface area contributed by atoms with Crippen molar-refractivity contribution in [3.05, 3.63) is 96.3 Å². The van der Waals surface area contributed by atoms with Gasteiger partial charge in [0.05, 0.1) is 0 Å². The van der Waals surface area contributed by atoms with Crippen LogP contribution < -0.4 is 10.5 Å². The fourth-order valence-corrected chi connectivity index (χ4v) is 2.97. The summed E-state index contributed by atoms with van der Waals surface area (Å²) in [5.74, 6) is 1.18. The number of benzene rings is 3. The molecule has 3 aromatic carbocycles. The third-order valence-electron chi connectivity index (χ3n) is 4.53. The standard InChI is InChI=1S/C24H20N2O4/c25-24(27)29-16-22-14-23(26-30-22)20-10-12-21(13-11-20)28-15-17-6-8-19(9-7-17)18-4-2-1-3-5-18/h1-14H,15-16H2,(H2,25,27). The van der Waals surface area contributed by atoms with Crippen LogP contribution in [0, 0.1) is 0 Å². The second-order valence-electron chi connectivity index (χ2n) is 6.66. The van der Waals surface area contributed by atoms with E-state index in [0.29, 0.717) is 18.1 Å². The van der Waals surface area contributed by atoms with Gasteiger partial charge in [0, 0.05) is 11.6 Å². The Kier molecular flexibility index (Phi) is 5.75. The minimum Gasteiger partial charge on any atom is -0.489 e. The molecule has 0 aliphatic rings. The Bertz CT molecular complexity index is 1100. The van der Waals surface area contributed by atoms with Crippen LogP contribution in [0.15, 0.2) is 89.5 Å². The molecule has 0 bridgehead atoms. The summed E-state index contributed by atoms with van der Waals surface area (Å²) in [6.07, 6.45) is -0.857. The predicted molar refractivity (Wildman–Crippen MR) is 113 cm³/mol. The summed E-state index contributed by atoms with van der Waals surface area (Å²) in [6.45, 7) is 0.430. The van der Waals surface area contributed by atoms with Crippen LogP contribution in [0.3, 0.4) is 0 Å². The normalized spacial score (nSPS) is 10.5. The predicted octanol–water partition coefficient (Wildman–Crippen LogP) is 5.18. The molecule has 6 heteroatoms. The van der Waals surface area contributed by atoms with Gasteiger partial charge in [-0.3, -0.25) is 0 Å². The molecule has 0 saturated heterocycles. The van der Waals surface area contributed by atoms with Crippen molar-refractivity contribution in [3.63, 3.8) is 0 Å². The van der Waals surface area contributed by atoms with Gasteiger partial charge in [-0.05, 0) is 41.0 Å². The highest BCUT2D eigenvalue weighted by Crippen LogP contribution is 2.24. The van der Waals surface area contributed by atoms with Crippen molar-refractivity contribution < 1.29 is 18.8 Å². The van der Waals surface area contributed by atoms with Crippen LogP contribution in [0.2, 0.25) is 0 Å². The van der Waals surface area contributed by atoms with Crippen molar-refractivity contribution in [1.29, 1.82) is 0 Å². The molecule has 0 radical (unpaired) electrons. The fraction of sp³-hybridized carbons (Fsp3) is 0.0833. The van der Waals surface area contributed by atoms with Gasteiger partial charge in [-0.25, -0.2) is 4.79 Å². The van der Waals surface area contributed by atoms with Crippen molar-refractivity contribution in [1.82, 2.24) is 5.16 Å². The monoisotopic (exact) mass is 400 g/mol. The van der Waals surface area contributed by atoms with Gasteiger partial charge in [0.15, 0.2) is 12.4 Å². The van der Waals surface area contributed by atoms with E-state index in [2.05, 4.69) is 46.3 Å². The minimum atomic E-state index is -0.857. The first-order valence-corrected chi connectivity index (χ1v) is 9.43. The van der Waals surface area contributed by atoms with E-state index in [1.54, 1.807) is 6.07 Å². The van der Waals surface area contributed by atoms with Crippen molar-refractivity contribution >= 4 is 6.09 Å². The molecule has 4 aromatic rings. The summed E-state index contributed by atoms with van der Waals surface area (Å²) in [4.78, 5) is 10.7. The van der Waals surface area contributed by atoms with Crippen LogP contribution in [0.4, 0.5) is 4.79 Å². The van der Waals surface area contributed by atoms with Gasteiger partial charge in [-0.1, -0.05) is 59.8 Å². The zero-order valence-electron chi connectivity index (χ0n) is 16.2. The zero-order chi connectivity index (χ0) is 20.8. The first-order valence-electron chi connectivity index (χ1n) is 9.43. The molecule has 4 rings (SSSR count). The van der Waals surface area contributed by atoms with E-state index in [-0.39, 0.29) is 6.61 Å². The maximum Gasteiger partial charge on any atom is 0.404 e. The van der Waals surface area contributed by atoms with Crippen molar-refractivity contribution in [2.45, 2.75) is 13.2 Å². The van der Waals surface area contributed by atoms with Crippen molar-refractivity contribution in [3.8, 4) is 28.1 Å². The Balaban J connectivity index is 1.34. The zero-order valence-corrected chi connectivity index (χ0v) is 16.2. The lowest BCUT2D eigenvalue weighted by molar-refractivity contribution is 0.137. The molecule has 0 spiro atoms. The minimum absolute atomic E-state index is 0.0490. The summed E-state index contributed by atoms with van der Waals surface area (Å²) in [5, 5.41) is 3.97. The van der Waals surface area contributed by atoms with Gasteiger partial charge in [0.2, 0.25) is 0 Å².